The maximum Gasteiger partial charge on any atom is 0.515 e. The number of benzene rings is 2. The number of carbonyl (C=O) groups is 1. The summed E-state index contributed by atoms with van der Waals surface area (Å²) in [7, 11) is -3.76. The molecule has 0 spiro atoms. The third-order valence-electron chi connectivity index (χ3n) is 4.43. The van der Waals surface area contributed by atoms with Crippen molar-refractivity contribution in [2.75, 3.05) is 11.3 Å². The lowest BCUT2D eigenvalue weighted by atomic mass is 9.87. The van der Waals surface area contributed by atoms with Crippen molar-refractivity contribution in [1.82, 2.24) is 4.98 Å². The van der Waals surface area contributed by atoms with Gasteiger partial charge < -0.3 is 14.5 Å². The first-order valence-electron chi connectivity index (χ1n) is 9.30. The monoisotopic (exact) mass is 494 g/mol. The van der Waals surface area contributed by atoms with Crippen molar-refractivity contribution < 1.29 is 22.7 Å². The molecule has 0 bridgehead atoms. The van der Waals surface area contributed by atoms with Crippen molar-refractivity contribution in [2.24, 2.45) is 0 Å². The van der Waals surface area contributed by atoms with Crippen LogP contribution in [0.15, 0.2) is 51.8 Å². The van der Waals surface area contributed by atoms with Crippen LogP contribution in [0.5, 0.6) is 5.88 Å². The summed E-state index contributed by atoms with van der Waals surface area (Å²) in [6, 6.07) is 11.8. The Morgan fingerprint density at radius 1 is 1.13 bits per heavy atom. The molecular formula is C21H23BrN2O5S. The van der Waals surface area contributed by atoms with Crippen molar-refractivity contribution in [2.45, 2.75) is 38.0 Å². The number of H-pyrrole nitrogens is 1. The van der Waals surface area contributed by atoms with E-state index < -0.39 is 16.2 Å². The lowest BCUT2D eigenvalue weighted by Crippen LogP contribution is -2.14. The van der Waals surface area contributed by atoms with Gasteiger partial charge in [0.2, 0.25) is 5.88 Å². The smallest absolute Gasteiger partial charge is 0.434 e. The molecule has 9 heteroatoms. The molecule has 1 heterocycles. The van der Waals surface area contributed by atoms with Gasteiger partial charge in [-0.15, -0.1) is 0 Å². The summed E-state index contributed by atoms with van der Waals surface area (Å²) in [5.41, 5.74) is 2.03. The van der Waals surface area contributed by atoms with Gasteiger partial charge in [-0.25, -0.2) is 13.2 Å². The molecule has 3 aromatic rings. The maximum absolute atomic E-state index is 12.8. The number of hydrogen-bond donors (Lipinski definition) is 2. The van der Waals surface area contributed by atoms with E-state index >= 15 is 0 Å². The highest BCUT2D eigenvalue weighted by Crippen LogP contribution is 2.35. The molecule has 0 aliphatic heterocycles. The molecule has 0 amide bonds. The first-order chi connectivity index (χ1) is 14.0. The van der Waals surface area contributed by atoms with Crippen LogP contribution in [0.1, 0.15) is 33.3 Å². The normalized spacial score (nSPS) is 12.0. The van der Waals surface area contributed by atoms with E-state index in [9.17, 15) is 13.2 Å². The van der Waals surface area contributed by atoms with Crippen LogP contribution in [0.25, 0.3) is 10.9 Å². The Hall–Kier alpha value is -2.52. The molecule has 1 aromatic heterocycles. The Morgan fingerprint density at radius 2 is 1.80 bits per heavy atom. The van der Waals surface area contributed by atoms with Gasteiger partial charge in [0.1, 0.15) is 0 Å². The fourth-order valence-electron chi connectivity index (χ4n) is 2.85. The van der Waals surface area contributed by atoms with Gasteiger partial charge in [-0.05, 0) is 64.2 Å². The van der Waals surface area contributed by atoms with Crippen molar-refractivity contribution >= 4 is 48.7 Å². The van der Waals surface area contributed by atoms with Crippen LogP contribution in [-0.4, -0.2) is 26.2 Å². The van der Waals surface area contributed by atoms with E-state index in [2.05, 4.69) is 46.4 Å². The standard InChI is InChI=1S/C21H23BrN2O5S/c1-5-28-20(25)29-19-18(22)16-12-14(8-11-17(16)23-19)24-30(26,27)15-9-6-13(7-10-15)21(2,3)4/h6-12,23-24H,5H2,1-4H3. The van der Waals surface area contributed by atoms with Crippen molar-refractivity contribution in [3.63, 3.8) is 0 Å². The topological polar surface area (TPSA) is 97.5 Å². The lowest BCUT2D eigenvalue weighted by Gasteiger charge is -2.19. The molecule has 0 saturated carbocycles. The summed E-state index contributed by atoms with van der Waals surface area (Å²) in [4.78, 5) is 14.7. The molecule has 160 valence electrons. The molecule has 3 rings (SSSR count). The van der Waals surface area contributed by atoms with Crippen LogP contribution in [0.4, 0.5) is 10.5 Å². The minimum Gasteiger partial charge on any atom is -0.434 e. The average Bonchev–Trinajstić information content (AvgIpc) is 2.96. The fraction of sp³-hybridized carbons (Fsp3) is 0.286. The number of aromatic amines is 1. The molecule has 0 aliphatic rings. The van der Waals surface area contributed by atoms with Crippen molar-refractivity contribution in [3.05, 3.63) is 52.5 Å². The highest BCUT2D eigenvalue weighted by atomic mass is 79.9. The minimum atomic E-state index is -3.76. The SMILES string of the molecule is CCOC(=O)Oc1[nH]c2ccc(NS(=O)(=O)c3ccc(C(C)(C)C)cc3)cc2c1Br. The van der Waals surface area contributed by atoms with Gasteiger partial charge in [-0.2, -0.15) is 0 Å². The van der Waals surface area contributed by atoms with Gasteiger partial charge in [-0.1, -0.05) is 32.9 Å². The van der Waals surface area contributed by atoms with E-state index in [1.807, 2.05) is 12.1 Å². The van der Waals surface area contributed by atoms with Crippen LogP contribution in [-0.2, 0) is 20.2 Å². The highest BCUT2D eigenvalue weighted by Gasteiger charge is 2.19. The number of rotatable bonds is 5. The molecule has 0 unspecified atom stereocenters. The van der Waals surface area contributed by atoms with Crippen molar-refractivity contribution in [1.29, 1.82) is 0 Å². The maximum atomic E-state index is 12.8. The Balaban J connectivity index is 1.86. The van der Waals surface area contributed by atoms with Gasteiger partial charge in [0, 0.05) is 16.6 Å². The number of halogens is 1. The molecular weight excluding hydrogens is 472 g/mol. The second kappa shape index (κ2) is 8.31. The number of aromatic nitrogens is 1. The number of ether oxygens (including phenoxy) is 2. The lowest BCUT2D eigenvalue weighted by molar-refractivity contribution is 0.103. The fourth-order valence-corrected chi connectivity index (χ4v) is 4.40. The Bertz CT molecular complexity index is 1180. The third-order valence-corrected chi connectivity index (χ3v) is 6.62. The van der Waals surface area contributed by atoms with Crippen LogP contribution in [0.2, 0.25) is 0 Å². The number of carbonyl (C=O) groups excluding carboxylic acids is 1. The summed E-state index contributed by atoms with van der Waals surface area (Å²) < 4.78 is 38.5. The minimum absolute atomic E-state index is 0.0648. The summed E-state index contributed by atoms with van der Waals surface area (Å²) in [6.45, 7) is 8.08. The molecule has 2 N–H and O–H groups in total. The van der Waals surface area contributed by atoms with E-state index in [0.29, 0.717) is 21.1 Å². The molecule has 7 nitrogen and oxygen atoms in total. The molecule has 0 radical (unpaired) electrons. The zero-order valence-electron chi connectivity index (χ0n) is 17.1. The van der Waals surface area contributed by atoms with Gasteiger partial charge in [0.25, 0.3) is 10.0 Å². The Labute approximate surface area is 184 Å². The van der Waals surface area contributed by atoms with Gasteiger partial charge in [0.15, 0.2) is 0 Å². The summed E-state index contributed by atoms with van der Waals surface area (Å²) >= 11 is 3.38. The first-order valence-corrected chi connectivity index (χ1v) is 11.6. The number of nitrogens with one attached hydrogen (secondary N) is 2. The predicted molar refractivity (Wildman–Crippen MR) is 120 cm³/mol. The molecule has 2 aromatic carbocycles. The average molecular weight is 495 g/mol. The second-order valence-electron chi connectivity index (χ2n) is 7.69. The summed E-state index contributed by atoms with van der Waals surface area (Å²) in [6.07, 6.45) is -0.829. The molecule has 0 atom stereocenters. The van der Waals surface area contributed by atoms with Crippen molar-refractivity contribution in [3.8, 4) is 5.88 Å². The van der Waals surface area contributed by atoms with E-state index in [1.54, 1.807) is 37.3 Å². The molecule has 0 saturated heterocycles. The van der Waals surface area contributed by atoms with E-state index in [1.165, 1.54) is 0 Å². The number of anilines is 1. The largest absolute Gasteiger partial charge is 0.515 e. The zero-order chi connectivity index (χ0) is 22.1. The van der Waals surface area contributed by atoms with Crippen LogP contribution >= 0.6 is 15.9 Å². The van der Waals surface area contributed by atoms with Crippen LogP contribution in [0, 0.1) is 0 Å². The Kier molecular flexibility index (Phi) is 6.14. The number of hydrogen-bond acceptors (Lipinski definition) is 5. The van der Waals surface area contributed by atoms with E-state index in [0.717, 1.165) is 5.56 Å². The van der Waals surface area contributed by atoms with Crippen LogP contribution < -0.4 is 9.46 Å². The summed E-state index contributed by atoms with van der Waals surface area (Å²) in [5, 5.41) is 0.651. The van der Waals surface area contributed by atoms with E-state index in [4.69, 9.17) is 9.47 Å². The second-order valence-corrected chi connectivity index (χ2v) is 10.2. The number of sulfonamides is 1. The van der Waals surface area contributed by atoms with Gasteiger partial charge in [0.05, 0.1) is 16.0 Å². The van der Waals surface area contributed by atoms with Crippen LogP contribution in [0.3, 0.4) is 0 Å². The first kappa shape index (κ1) is 22.2. The molecule has 0 fully saturated rings. The molecule has 0 aliphatic carbocycles. The predicted octanol–water partition coefficient (Wildman–Crippen LogP) is 5.56. The highest BCUT2D eigenvalue weighted by molar-refractivity contribution is 9.10. The Morgan fingerprint density at radius 3 is 2.40 bits per heavy atom. The van der Waals surface area contributed by atoms with Gasteiger partial charge in [-0.3, -0.25) is 4.72 Å². The van der Waals surface area contributed by atoms with E-state index in [-0.39, 0.29) is 22.8 Å². The zero-order valence-corrected chi connectivity index (χ0v) is 19.5. The third kappa shape index (κ3) is 4.79. The quantitative estimate of drug-likeness (QED) is 0.452. The van der Waals surface area contributed by atoms with Gasteiger partial charge >= 0.3 is 6.16 Å². The summed E-state index contributed by atoms with van der Waals surface area (Å²) in [5.74, 6) is 0.182. The molecule has 30 heavy (non-hydrogen) atoms. The number of fused-ring (bicyclic) bond motifs is 1.